The van der Waals surface area contributed by atoms with Crippen LogP contribution in [-0.2, 0) is 14.3 Å². The van der Waals surface area contributed by atoms with Gasteiger partial charge in [0.05, 0.1) is 19.1 Å². The molecule has 2 aliphatic heterocycles. The van der Waals surface area contributed by atoms with Gasteiger partial charge in [-0.05, 0) is 24.1 Å². The maximum Gasteiger partial charge on any atom is 0.409 e. The minimum atomic E-state index is -0.335. The van der Waals surface area contributed by atoms with E-state index in [4.69, 9.17) is 4.74 Å². The first-order valence-electron chi connectivity index (χ1n) is 9.26. The van der Waals surface area contributed by atoms with Gasteiger partial charge in [-0.2, -0.15) is 0 Å². The fourth-order valence-electron chi connectivity index (χ4n) is 3.56. The van der Waals surface area contributed by atoms with Crippen LogP contribution in [0.4, 0.5) is 4.79 Å². The summed E-state index contributed by atoms with van der Waals surface area (Å²) in [6, 6.07) is 7.51. The molecule has 1 aromatic carbocycles. The van der Waals surface area contributed by atoms with Crippen LogP contribution in [0.5, 0.6) is 0 Å². The average molecular weight is 371 g/mol. The molecule has 3 rings (SSSR count). The van der Waals surface area contributed by atoms with Gasteiger partial charge in [0.1, 0.15) is 0 Å². The third-order valence-electron chi connectivity index (χ3n) is 5.00. The molecule has 0 N–H and O–H groups in total. The van der Waals surface area contributed by atoms with Gasteiger partial charge in [-0.15, -0.1) is 0 Å². The van der Waals surface area contributed by atoms with Crippen molar-refractivity contribution in [2.24, 2.45) is 0 Å². The van der Waals surface area contributed by atoms with E-state index < -0.39 is 0 Å². The molecule has 0 spiro atoms. The van der Waals surface area contributed by atoms with Crippen molar-refractivity contribution in [2.45, 2.75) is 26.3 Å². The van der Waals surface area contributed by atoms with Crippen molar-refractivity contribution in [3.8, 4) is 0 Å². The maximum absolute atomic E-state index is 12.9. The highest BCUT2D eigenvalue weighted by Crippen LogP contribution is 2.33. The molecule has 0 radical (unpaired) electrons. The number of hydrogen-bond acceptors (Lipinski definition) is 4. The summed E-state index contributed by atoms with van der Waals surface area (Å²) in [5, 5.41) is 0. The lowest BCUT2D eigenvalue weighted by Gasteiger charge is -2.37. The van der Waals surface area contributed by atoms with E-state index in [1.807, 2.05) is 30.3 Å². The van der Waals surface area contributed by atoms with Crippen LogP contribution in [0.1, 0.15) is 37.4 Å². The number of rotatable bonds is 3. The second-order valence-corrected chi connectivity index (χ2v) is 6.66. The molecule has 0 aliphatic carbocycles. The Kier molecular flexibility index (Phi) is 5.78. The van der Waals surface area contributed by atoms with E-state index in [0.29, 0.717) is 32.8 Å². The lowest BCUT2D eigenvalue weighted by atomic mass is 9.93. The van der Waals surface area contributed by atoms with Crippen molar-refractivity contribution in [2.75, 3.05) is 32.8 Å². The summed E-state index contributed by atoms with van der Waals surface area (Å²) in [7, 11) is 0. The van der Waals surface area contributed by atoms with Crippen LogP contribution in [-0.4, -0.2) is 65.4 Å². The second kappa shape index (κ2) is 8.24. The van der Waals surface area contributed by atoms with Crippen LogP contribution in [0.2, 0.25) is 0 Å². The van der Waals surface area contributed by atoms with Crippen molar-refractivity contribution in [1.82, 2.24) is 14.7 Å². The van der Waals surface area contributed by atoms with E-state index >= 15 is 0 Å². The predicted octanol–water partition coefficient (Wildman–Crippen LogP) is 2.25. The molecule has 0 unspecified atom stereocenters. The predicted molar refractivity (Wildman–Crippen MR) is 101 cm³/mol. The Balaban J connectivity index is 1.67. The third kappa shape index (κ3) is 4.13. The number of nitrogens with zero attached hydrogens (tertiary/aromatic N) is 3. The topological polar surface area (TPSA) is 70.2 Å². The van der Waals surface area contributed by atoms with Crippen molar-refractivity contribution in [1.29, 1.82) is 0 Å². The molecule has 2 heterocycles. The fourth-order valence-corrected chi connectivity index (χ4v) is 3.56. The number of carbonyl (C=O) groups is 3. The van der Waals surface area contributed by atoms with Crippen LogP contribution in [0, 0.1) is 0 Å². The smallest absolute Gasteiger partial charge is 0.409 e. The number of benzene rings is 1. The standard InChI is InChI=1S/C20H25N3O4/c1-3-27-20(26)22-12-10-21(11-13-22)19(25)14-18-17-7-5-4-6-16(17)8-9-23(18)15(2)24/h4-9,18H,3,10-14H2,1-2H3/t18-/m0/s1. The number of fused-ring (bicyclic) bond motifs is 1. The second-order valence-electron chi connectivity index (χ2n) is 6.66. The van der Waals surface area contributed by atoms with Gasteiger partial charge in [0.2, 0.25) is 11.8 Å². The molecular formula is C20H25N3O4. The van der Waals surface area contributed by atoms with Crippen LogP contribution in [0.25, 0.3) is 6.08 Å². The first-order valence-corrected chi connectivity index (χ1v) is 9.26. The first-order chi connectivity index (χ1) is 13.0. The highest BCUT2D eigenvalue weighted by atomic mass is 16.6. The van der Waals surface area contributed by atoms with Gasteiger partial charge in [0.25, 0.3) is 0 Å². The summed E-state index contributed by atoms with van der Waals surface area (Å²) in [4.78, 5) is 41.7. The van der Waals surface area contributed by atoms with E-state index in [-0.39, 0.29) is 30.4 Å². The van der Waals surface area contributed by atoms with E-state index in [9.17, 15) is 14.4 Å². The fraction of sp³-hybridized carbons (Fsp3) is 0.450. The summed E-state index contributed by atoms with van der Waals surface area (Å²) in [5.41, 5.74) is 2.01. The van der Waals surface area contributed by atoms with E-state index in [1.165, 1.54) is 6.92 Å². The zero-order chi connectivity index (χ0) is 19.4. The highest BCUT2D eigenvalue weighted by molar-refractivity contribution is 5.82. The average Bonchev–Trinajstić information content (AvgIpc) is 2.68. The van der Waals surface area contributed by atoms with E-state index in [2.05, 4.69) is 0 Å². The summed E-state index contributed by atoms with van der Waals surface area (Å²) >= 11 is 0. The molecule has 0 aromatic heterocycles. The molecule has 2 aliphatic rings. The summed E-state index contributed by atoms with van der Waals surface area (Å²) in [5.74, 6) is -0.106. The summed E-state index contributed by atoms with van der Waals surface area (Å²) < 4.78 is 5.01. The molecule has 0 bridgehead atoms. The Morgan fingerprint density at radius 1 is 1.07 bits per heavy atom. The van der Waals surface area contributed by atoms with Gasteiger partial charge in [-0.25, -0.2) is 4.79 Å². The molecular weight excluding hydrogens is 346 g/mol. The highest BCUT2D eigenvalue weighted by Gasteiger charge is 2.31. The van der Waals surface area contributed by atoms with Gasteiger partial charge in [0.15, 0.2) is 0 Å². The molecule has 1 aromatic rings. The maximum atomic E-state index is 12.9. The Morgan fingerprint density at radius 2 is 1.74 bits per heavy atom. The molecule has 144 valence electrons. The largest absolute Gasteiger partial charge is 0.450 e. The Labute approximate surface area is 159 Å². The molecule has 3 amide bonds. The zero-order valence-electron chi connectivity index (χ0n) is 15.8. The van der Waals surface area contributed by atoms with Crippen LogP contribution in [0.15, 0.2) is 30.5 Å². The van der Waals surface area contributed by atoms with Crippen molar-refractivity contribution < 1.29 is 19.1 Å². The molecule has 1 fully saturated rings. The lowest BCUT2D eigenvalue weighted by molar-refractivity contribution is -0.135. The van der Waals surface area contributed by atoms with Crippen LogP contribution in [0.3, 0.4) is 0 Å². The van der Waals surface area contributed by atoms with Gasteiger partial charge >= 0.3 is 6.09 Å². The Morgan fingerprint density at radius 3 is 2.41 bits per heavy atom. The number of piperazine rings is 1. The first kappa shape index (κ1) is 18.9. The molecule has 27 heavy (non-hydrogen) atoms. The minimum Gasteiger partial charge on any atom is -0.450 e. The SMILES string of the molecule is CCOC(=O)N1CCN(C(=O)C[C@H]2c3ccccc3C=CN2C(C)=O)CC1. The van der Waals surface area contributed by atoms with Gasteiger partial charge in [0, 0.05) is 39.3 Å². The van der Waals surface area contributed by atoms with Crippen molar-refractivity contribution >= 4 is 24.0 Å². The van der Waals surface area contributed by atoms with Gasteiger partial charge in [-0.3, -0.25) is 9.59 Å². The molecule has 1 atom stereocenters. The minimum absolute atomic E-state index is 0.0140. The molecule has 7 nitrogen and oxygen atoms in total. The number of ether oxygens (including phenoxy) is 1. The van der Waals surface area contributed by atoms with Crippen molar-refractivity contribution in [3.05, 3.63) is 41.6 Å². The third-order valence-corrected chi connectivity index (χ3v) is 5.00. The van der Waals surface area contributed by atoms with Gasteiger partial charge in [-0.1, -0.05) is 24.3 Å². The normalized spacial score (nSPS) is 18.9. The van der Waals surface area contributed by atoms with Crippen molar-refractivity contribution in [3.63, 3.8) is 0 Å². The Bertz CT molecular complexity index is 753. The molecule has 0 saturated carbocycles. The van der Waals surface area contributed by atoms with E-state index in [0.717, 1.165) is 11.1 Å². The van der Waals surface area contributed by atoms with Gasteiger partial charge < -0.3 is 19.4 Å². The quantitative estimate of drug-likeness (QED) is 0.817. The van der Waals surface area contributed by atoms with E-state index in [1.54, 1.807) is 27.8 Å². The number of hydrogen-bond donors (Lipinski definition) is 0. The monoisotopic (exact) mass is 371 g/mol. The lowest BCUT2D eigenvalue weighted by Crippen LogP contribution is -2.51. The van der Waals surface area contributed by atoms with Crippen LogP contribution < -0.4 is 0 Å². The van der Waals surface area contributed by atoms with Crippen LogP contribution >= 0.6 is 0 Å². The summed E-state index contributed by atoms with van der Waals surface area (Å²) in [6.45, 7) is 5.49. The molecule has 1 saturated heterocycles. The number of amides is 3. The zero-order valence-corrected chi connectivity index (χ0v) is 15.8. The summed E-state index contributed by atoms with van der Waals surface area (Å²) in [6.07, 6.45) is 3.54. The molecule has 7 heteroatoms. The number of carbonyl (C=O) groups excluding carboxylic acids is 3. The Hall–Kier alpha value is -2.83.